The van der Waals surface area contributed by atoms with Gasteiger partial charge in [-0.15, -0.1) is 0 Å². The van der Waals surface area contributed by atoms with Crippen LogP contribution in [0.15, 0.2) is 84.9 Å². The molecule has 2 saturated heterocycles. The van der Waals surface area contributed by atoms with Gasteiger partial charge in [-0.05, 0) is 111 Å². The zero-order valence-corrected chi connectivity index (χ0v) is 29.8. The summed E-state index contributed by atoms with van der Waals surface area (Å²) in [5, 5.41) is 13.3. The van der Waals surface area contributed by atoms with Gasteiger partial charge in [-0.1, -0.05) is 0 Å². The number of hydrogen-bond donors (Lipinski definition) is 6. The van der Waals surface area contributed by atoms with Crippen molar-refractivity contribution in [2.45, 2.75) is 25.0 Å². The second-order valence-electron chi connectivity index (χ2n) is 14.8. The first-order valence-corrected chi connectivity index (χ1v) is 18.8. The number of fused-ring (bicyclic) bond motifs is 12. The van der Waals surface area contributed by atoms with Crippen LogP contribution in [-0.2, 0) is 0 Å². The van der Waals surface area contributed by atoms with Crippen LogP contribution in [0.3, 0.4) is 0 Å². The van der Waals surface area contributed by atoms with Crippen molar-refractivity contribution in [1.82, 2.24) is 30.6 Å². The van der Waals surface area contributed by atoms with Gasteiger partial charge in [0, 0.05) is 78.2 Å². The van der Waals surface area contributed by atoms with Gasteiger partial charge in [0.25, 0.3) is 0 Å². The Balaban J connectivity index is 0.000000130. The summed E-state index contributed by atoms with van der Waals surface area (Å²) >= 11 is 0. The molecule has 56 heavy (non-hydrogen) atoms. The van der Waals surface area contributed by atoms with Crippen LogP contribution in [0.2, 0.25) is 0 Å². The Labute approximate surface area is 315 Å². The molecule has 0 bridgehead atoms. The highest BCUT2D eigenvalue weighted by molar-refractivity contribution is 6.22. The van der Waals surface area contributed by atoms with Crippen molar-refractivity contribution in [3.05, 3.63) is 108 Å². The fourth-order valence-electron chi connectivity index (χ4n) is 8.62. The van der Waals surface area contributed by atoms with E-state index in [-0.39, 0.29) is 35.5 Å². The van der Waals surface area contributed by atoms with E-state index in [4.69, 9.17) is 9.47 Å². The van der Waals surface area contributed by atoms with Crippen molar-refractivity contribution in [2.75, 3.05) is 26.2 Å². The fraction of sp³-hybridized carbons (Fsp3) is 0.182. The molecule has 0 spiro atoms. The standard InChI is InChI=1S/2C22H17F2N3O/c2*23-11-1-3-18-14(7-11)16-9-17-15-8-12(24)2-4-19(15)27-21(17)22(20(16)26-18)28-13-5-6-25-10-13/h2*1-4,7-9,13,25-27H,5-6,10H2/t13-;/m1./s1. The third-order valence-electron chi connectivity index (χ3n) is 11.3. The van der Waals surface area contributed by atoms with Crippen LogP contribution < -0.4 is 20.1 Å². The molecule has 8 nitrogen and oxygen atoms in total. The number of benzene rings is 6. The van der Waals surface area contributed by atoms with Gasteiger partial charge in [-0.3, -0.25) is 0 Å². The summed E-state index contributed by atoms with van der Waals surface area (Å²) in [5.74, 6) is 0.243. The molecule has 12 heteroatoms. The molecule has 10 aromatic rings. The van der Waals surface area contributed by atoms with E-state index in [1.807, 2.05) is 12.1 Å². The first-order valence-electron chi connectivity index (χ1n) is 18.8. The van der Waals surface area contributed by atoms with Gasteiger partial charge in [0.2, 0.25) is 0 Å². The third kappa shape index (κ3) is 5.35. The minimum absolute atomic E-state index is 0.0556. The van der Waals surface area contributed by atoms with E-state index in [1.54, 1.807) is 24.3 Å². The van der Waals surface area contributed by atoms with E-state index in [9.17, 15) is 17.6 Å². The Morgan fingerprint density at radius 1 is 0.393 bits per heavy atom. The van der Waals surface area contributed by atoms with Gasteiger partial charge >= 0.3 is 0 Å². The number of ether oxygens (including phenoxy) is 2. The molecular weight excluding hydrogens is 721 g/mol. The van der Waals surface area contributed by atoms with Gasteiger partial charge in [0.05, 0.1) is 22.1 Å². The summed E-state index contributed by atoms with van der Waals surface area (Å²) in [6.07, 6.45) is 1.95. The summed E-state index contributed by atoms with van der Waals surface area (Å²) in [4.78, 5) is 13.6. The van der Waals surface area contributed by atoms with Crippen molar-refractivity contribution in [2.24, 2.45) is 0 Å². The minimum Gasteiger partial charge on any atom is -0.485 e. The average molecular weight is 755 g/mol. The van der Waals surface area contributed by atoms with Crippen molar-refractivity contribution in [3.63, 3.8) is 0 Å². The first-order chi connectivity index (χ1) is 27.3. The van der Waals surface area contributed by atoms with Crippen LogP contribution in [0.5, 0.6) is 11.5 Å². The van der Waals surface area contributed by atoms with E-state index in [0.29, 0.717) is 11.5 Å². The SMILES string of the molecule is Fc1ccc2[nH]c3c(OC4CCNC4)c4[nH]c5ccc(F)cc5c4cc3c2c1.Fc1ccc2[nH]c3c(O[C@@H]4CCNC4)c4[nH]c5ccc(F)cc5c4cc3c2c1. The number of aromatic amines is 4. The Morgan fingerprint density at radius 3 is 0.964 bits per heavy atom. The van der Waals surface area contributed by atoms with E-state index >= 15 is 0 Å². The van der Waals surface area contributed by atoms with E-state index in [0.717, 1.165) is 126 Å². The van der Waals surface area contributed by atoms with Crippen LogP contribution in [-0.4, -0.2) is 58.3 Å². The van der Waals surface area contributed by atoms with Crippen LogP contribution in [0.4, 0.5) is 17.6 Å². The number of nitrogens with one attached hydrogen (secondary N) is 6. The molecule has 1 unspecified atom stereocenters. The predicted molar refractivity (Wildman–Crippen MR) is 214 cm³/mol. The second kappa shape index (κ2) is 12.7. The molecule has 0 saturated carbocycles. The van der Waals surface area contributed by atoms with Gasteiger partial charge in [0.1, 0.15) is 35.5 Å². The van der Waals surface area contributed by atoms with Crippen molar-refractivity contribution >= 4 is 87.2 Å². The molecule has 2 aliphatic heterocycles. The largest absolute Gasteiger partial charge is 0.485 e. The molecule has 6 N–H and O–H groups in total. The Hall–Kier alpha value is -6.24. The molecule has 2 fully saturated rings. The smallest absolute Gasteiger partial charge is 0.167 e. The summed E-state index contributed by atoms with van der Waals surface area (Å²) in [5.41, 5.74) is 6.67. The lowest BCUT2D eigenvalue weighted by atomic mass is 10.1. The molecule has 6 heterocycles. The predicted octanol–water partition coefficient (Wildman–Crippen LogP) is 9.95. The zero-order valence-electron chi connectivity index (χ0n) is 29.8. The number of H-pyrrole nitrogens is 4. The molecule has 2 atom stereocenters. The maximum absolute atomic E-state index is 13.9. The van der Waals surface area contributed by atoms with Crippen molar-refractivity contribution < 1.29 is 27.0 Å². The topological polar surface area (TPSA) is 106 Å². The Kier molecular flexibility index (Phi) is 7.48. The monoisotopic (exact) mass is 754 g/mol. The van der Waals surface area contributed by atoms with E-state index < -0.39 is 0 Å². The third-order valence-corrected chi connectivity index (χ3v) is 11.3. The van der Waals surface area contributed by atoms with E-state index in [1.165, 1.54) is 48.5 Å². The number of hydrogen-bond acceptors (Lipinski definition) is 4. The lowest BCUT2D eigenvalue weighted by Crippen LogP contribution is -2.19. The maximum Gasteiger partial charge on any atom is 0.167 e. The molecule has 2 aliphatic rings. The highest BCUT2D eigenvalue weighted by Gasteiger charge is 2.25. The Bertz CT molecular complexity index is 2780. The lowest BCUT2D eigenvalue weighted by molar-refractivity contribution is 0.228. The molecule has 0 radical (unpaired) electrons. The Morgan fingerprint density at radius 2 is 0.696 bits per heavy atom. The maximum atomic E-state index is 13.9. The quantitative estimate of drug-likeness (QED) is 0.101. The highest BCUT2D eigenvalue weighted by atomic mass is 19.1. The number of halogens is 4. The van der Waals surface area contributed by atoms with Crippen LogP contribution in [0, 0.1) is 23.3 Å². The molecule has 0 aliphatic carbocycles. The normalized spacial score (nSPS) is 17.4. The highest BCUT2D eigenvalue weighted by Crippen LogP contribution is 2.43. The van der Waals surface area contributed by atoms with Gasteiger partial charge < -0.3 is 40.0 Å². The molecule has 280 valence electrons. The van der Waals surface area contributed by atoms with Crippen LogP contribution in [0.1, 0.15) is 12.8 Å². The fourth-order valence-corrected chi connectivity index (χ4v) is 8.62. The lowest BCUT2D eigenvalue weighted by Gasteiger charge is -2.14. The summed E-state index contributed by atoms with van der Waals surface area (Å²) < 4.78 is 68.5. The van der Waals surface area contributed by atoms with E-state index in [2.05, 4.69) is 30.6 Å². The minimum atomic E-state index is -0.291. The summed E-state index contributed by atoms with van der Waals surface area (Å²) in [7, 11) is 0. The summed E-state index contributed by atoms with van der Waals surface area (Å²) in [6.45, 7) is 3.39. The number of rotatable bonds is 4. The van der Waals surface area contributed by atoms with Crippen LogP contribution >= 0.6 is 0 Å². The van der Waals surface area contributed by atoms with Gasteiger partial charge in [-0.25, -0.2) is 17.6 Å². The van der Waals surface area contributed by atoms with Crippen molar-refractivity contribution in [3.8, 4) is 11.5 Å². The average Bonchev–Trinajstić information content (AvgIpc) is 4.06. The van der Waals surface area contributed by atoms with Crippen molar-refractivity contribution in [1.29, 1.82) is 0 Å². The van der Waals surface area contributed by atoms with Gasteiger partial charge in [0.15, 0.2) is 11.5 Å². The molecule has 0 amide bonds. The molecule has 4 aromatic heterocycles. The molecular formula is C44H34F4N6O2. The molecule has 6 aromatic carbocycles. The van der Waals surface area contributed by atoms with Gasteiger partial charge in [-0.2, -0.15) is 0 Å². The second-order valence-corrected chi connectivity index (χ2v) is 14.8. The summed E-state index contributed by atoms with van der Waals surface area (Å²) in [6, 6.07) is 22.8. The number of aromatic nitrogens is 4. The first kappa shape index (κ1) is 33.1. The van der Waals surface area contributed by atoms with Crippen LogP contribution in [0.25, 0.3) is 87.2 Å². The molecule has 12 rings (SSSR count). The zero-order chi connectivity index (χ0) is 37.7.